The van der Waals surface area contributed by atoms with E-state index in [9.17, 15) is 4.79 Å². The number of piperidine rings is 1. The summed E-state index contributed by atoms with van der Waals surface area (Å²) < 4.78 is 0. The van der Waals surface area contributed by atoms with Gasteiger partial charge in [-0.15, -0.1) is 12.4 Å². The highest BCUT2D eigenvalue weighted by atomic mass is 35.5. The number of rotatable bonds is 1. The fraction of sp³-hybridized carbons (Fsp3) is 0.938. The summed E-state index contributed by atoms with van der Waals surface area (Å²) in [5, 5.41) is 0. The van der Waals surface area contributed by atoms with Gasteiger partial charge in [-0.2, -0.15) is 0 Å². The smallest absolute Gasteiger partial charge is 0.240 e. The first-order valence-corrected chi connectivity index (χ1v) is 7.89. The Hall–Kier alpha value is -0.280. The fourth-order valence-corrected chi connectivity index (χ4v) is 3.67. The lowest BCUT2D eigenvalue weighted by molar-refractivity contribution is -0.139. The van der Waals surface area contributed by atoms with E-state index in [2.05, 4.69) is 25.7 Å². The molecule has 1 aliphatic carbocycles. The molecule has 1 saturated heterocycles. The van der Waals surface area contributed by atoms with Crippen LogP contribution in [0.1, 0.15) is 65.7 Å². The second-order valence-electron chi connectivity index (χ2n) is 7.77. The molecule has 0 radical (unpaired) electrons. The van der Waals surface area contributed by atoms with Gasteiger partial charge in [-0.25, -0.2) is 0 Å². The molecule has 1 saturated carbocycles. The van der Waals surface area contributed by atoms with Crippen molar-refractivity contribution in [2.45, 2.75) is 71.8 Å². The van der Waals surface area contributed by atoms with E-state index in [0.29, 0.717) is 5.41 Å². The number of nitrogens with zero attached hydrogens (tertiary/aromatic N) is 1. The van der Waals surface area contributed by atoms with Crippen LogP contribution in [0, 0.1) is 10.8 Å². The molecular formula is C16H31ClN2O. The molecule has 1 amide bonds. The number of amides is 1. The van der Waals surface area contributed by atoms with Gasteiger partial charge < -0.3 is 10.6 Å². The molecule has 2 aliphatic rings. The molecule has 0 aromatic rings. The second kappa shape index (κ2) is 6.65. The van der Waals surface area contributed by atoms with Crippen LogP contribution in [-0.4, -0.2) is 29.9 Å². The molecule has 4 heteroatoms. The first-order chi connectivity index (χ1) is 8.84. The summed E-state index contributed by atoms with van der Waals surface area (Å²) in [7, 11) is 0. The lowest BCUT2D eigenvalue weighted by Crippen LogP contribution is -2.55. The van der Waals surface area contributed by atoms with Crippen molar-refractivity contribution in [1.82, 2.24) is 4.90 Å². The van der Waals surface area contributed by atoms with Crippen molar-refractivity contribution in [3.8, 4) is 0 Å². The molecule has 118 valence electrons. The summed E-state index contributed by atoms with van der Waals surface area (Å²) in [6.07, 6.45) is 9.13. The SMILES string of the molecule is CC(C)(C)[C@H](N)C(=O)N1CCCC2(CCCCC2)C1.Cl. The number of nitrogens with two attached hydrogens (primary N) is 1. The van der Waals surface area contributed by atoms with Gasteiger partial charge >= 0.3 is 0 Å². The first-order valence-electron chi connectivity index (χ1n) is 7.89. The summed E-state index contributed by atoms with van der Waals surface area (Å²) in [5.41, 5.74) is 6.43. The van der Waals surface area contributed by atoms with Gasteiger partial charge in [0.15, 0.2) is 0 Å². The Morgan fingerprint density at radius 1 is 1.10 bits per heavy atom. The summed E-state index contributed by atoms with van der Waals surface area (Å²) in [5.74, 6) is 0.164. The maximum atomic E-state index is 12.6. The van der Waals surface area contributed by atoms with Crippen molar-refractivity contribution < 1.29 is 4.79 Å². The number of halogens is 1. The van der Waals surface area contributed by atoms with Gasteiger partial charge in [-0.1, -0.05) is 40.0 Å². The number of likely N-dealkylation sites (tertiary alicyclic amines) is 1. The highest BCUT2D eigenvalue weighted by Gasteiger charge is 2.40. The van der Waals surface area contributed by atoms with E-state index in [-0.39, 0.29) is 29.8 Å². The Morgan fingerprint density at radius 3 is 2.20 bits per heavy atom. The van der Waals surface area contributed by atoms with Crippen molar-refractivity contribution in [3.63, 3.8) is 0 Å². The minimum Gasteiger partial charge on any atom is -0.341 e. The molecule has 1 atom stereocenters. The molecule has 1 aliphatic heterocycles. The summed E-state index contributed by atoms with van der Waals surface area (Å²) in [6.45, 7) is 8.02. The highest BCUT2D eigenvalue weighted by molar-refractivity contribution is 5.85. The van der Waals surface area contributed by atoms with Crippen LogP contribution in [0.3, 0.4) is 0 Å². The molecule has 20 heavy (non-hydrogen) atoms. The zero-order chi connectivity index (χ0) is 14.1. The fourth-order valence-electron chi connectivity index (χ4n) is 3.67. The molecule has 2 N–H and O–H groups in total. The van der Waals surface area contributed by atoms with E-state index in [0.717, 1.165) is 19.5 Å². The highest BCUT2D eigenvalue weighted by Crippen LogP contribution is 2.43. The van der Waals surface area contributed by atoms with Crippen molar-refractivity contribution in [3.05, 3.63) is 0 Å². The van der Waals surface area contributed by atoms with E-state index >= 15 is 0 Å². The van der Waals surface area contributed by atoms with Crippen LogP contribution in [0.5, 0.6) is 0 Å². The van der Waals surface area contributed by atoms with Crippen molar-refractivity contribution in [1.29, 1.82) is 0 Å². The zero-order valence-electron chi connectivity index (χ0n) is 13.3. The van der Waals surface area contributed by atoms with Crippen LogP contribution in [0.25, 0.3) is 0 Å². The van der Waals surface area contributed by atoms with Crippen molar-refractivity contribution >= 4 is 18.3 Å². The molecule has 1 spiro atoms. The Kier molecular flexibility index (Phi) is 5.91. The van der Waals surface area contributed by atoms with E-state index in [1.165, 1.54) is 38.5 Å². The molecule has 0 unspecified atom stereocenters. The van der Waals surface area contributed by atoms with Crippen LogP contribution in [0.4, 0.5) is 0 Å². The summed E-state index contributed by atoms with van der Waals surface area (Å²) in [6, 6.07) is -0.369. The normalized spacial score (nSPS) is 24.1. The van der Waals surface area contributed by atoms with E-state index in [1.807, 2.05) is 0 Å². The number of carbonyl (C=O) groups is 1. The third-order valence-electron chi connectivity index (χ3n) is 5.09. The molecule has 2 fully saturated rings. The zero-order valence-corrected chi connectivity index (χ0v) is 14.1. The number of hydrogen-bond acceptors (Lipinski definition) is 2. The molecular weight excluding hydrogens is 272 g/mol. The monoisotopic (exact) mass is 302 g/mol. The predicted molar refractivity (Wildman–Crippen MR) is 86.0 cm³/mol. The van der Waals surface area contributed by atoms with E-state index in [4.69, 9.17) is 5.73 Å². The molecule has 0 aromatic carbocycles. The maximum absolute atomic E-state index is 12.6. The van der Waals surface area contributed by atoms with Crippen LogP contribution in [0.2, 0.25) is 0 Å². The molecule has 3 nitrogen and oxygen atoms in total. The van der Waals surface area contributed by atoms with Crippen molar-refractivity contribution in [2.24, 2.45) is 16.6 Å². The van der Waals surface area contributed by atoms with Gasteiger partial charge in [0, 0.05) is 13.1 Å². The minimum absolute atomic E-state index is 0. The number of hydrogen-bond donors (Lipinski definition) is 1. The minimum atomic E-state index is -0.369. The lowest BCUT2D eigenvalue weighted by Gasteiger charge is -2.46. The Morgan fingerprint density at radius 2 is 1.65 bits per heavy atom. The van der Waals surface area contributed by atoms with Gasteiger partial charge in [0.2, 0.25) is 5.91 Å². The van der Waals surface area contributed by atoms with Crippen LogP contribution in [-0.2, 0) is 4.79 Å². The van der Waals surface area contributed by atoms with Crippen LogP contribution >= 0.6 is 12.4 Å². The molecule has 0 bridgehead atoms. The van der Waals surface area contributed by atoms with Gasteiger partial charge in [-0.05, 0) is 36.5 Å². The summed E-state index contributed by atoms with van der Waals surface area (Å²) >= 11 is 0. The predicted octanol–water partition coefficient (Wildman–Crippen LogP) is 3.35. The lowest BCUT2D eigenvalue weighted by atomic mass is 9.69. The summed E-state index contributed by atoms with van der Waals surface area (Å²) in [4.78, 5) is 14.6. The van der Waals surface area contributed by atoms with Gasteiger partial charge in [-0.3, -0.25) is 4.79 Å². The molecule has 1 heterocycles. The average molecular weight is 303 g/mol. The third kappa shape index (κ3) is 3.88. The van der Waals surface area contributed by atoms with Gasteiger partial charge in [0.05, 0.1) is 6.04 Å². The Labute approximate surface area is 130 Å². The molecule has 0 aromatic heterocycles. The van der Waals surface area contributed by atoms with E-state index < -0.39 is 0 Å². The van der Waals surface area contributed by atoms with Crippen LogP contribution < -0.4 is 5.73 Å². The average Bonchev–Trinajstić information content (AvgIpc) is 2.37. The second-order valence-corrected chi connectivity index (χ2v) is 7.77. The van der Waals surface area contributed by atoms with Gasteiger partial charge in [0.1, 0.15) is 0 Å². The van der Waals surface area contributed by atoms with Crippen molar-refractivity contribution in [2.75, 3.05) is 13.1 Å². The van der Waals surface area contributed by atoms with E-state index in [1.54, 1.807) is 0 Å². The topological polar surface area (TPSA) is 46.3 Å². The quantitative estimate of drug-likeness (QED) is 0.807. The first kappa shape index (κ1) is 17.8. The third-order valence-corrected chi connectivity index (χ3v) is 5.09. The Bertz CT molecular complexity index is 326. The van der Waals surface area contributed by atoms with Crippen LogP contribution in [0.15, 0.2) is 0 Å². The van der Waals surface area contributed by atoms with Gasteiger partial charge in [0.25, 0.3) is 0 Å². The number of carbonyl (C=O) groups excluding carboxylic acids is 1. The standard InChI is InChI=1S/C16H30N2O.ClH/c1-15(2,3)13(17)14(19)18-11-7-10-16(12-18)8-5-4-6-9-16;/h13H,4-12,17H2,1-3H3;1H/t13-;/m1./s1. The maximum Gasteiger partial charge on any atom is 0.240 e. The largest absolute Gasteiger partial charge is 0.341 e. The Balaban J connectivity index is 0.00000200. The molecule has 2 rings (SSSR count).